The van der Waals surface area contributed by atoms with E-state index in [0.717, 1.165) is 21.5 Å². The van der Waals surface area contributed by atoms with Crippen LogP contribution < -0.4 is 0 Å². The van der Waals surface area contributed by atoms with Gasteiger partial charge in [0.25, 0.3) is 0 Å². The summed E-state index contributed by atoms with van der Waals surface area (Å²) in [6.45, 7) is 23.0. The first-order chi connectivity index (χ1) is 18.6. The summed E-state index contributed by atoms with van der Waals surface area (Å²) >= 11 is 0. The lowest BCUT2D eigenvalue weighted by atomic mass is 9.91. The van der Waals surface area contributed by atoms with E-state index in [-0.39, 0.29) is 34.0 Å². The largest absolute Gasteiger partial charge is 0.262 e. The molecule has 1 heterocycles. The summed E-state index contributed by atoms with van der Waals surface area (Å²) in [4.78, 5) is 19.5. The van der Waals surface area contributed by atoms with E-state index in [1.165, 1.54) is 0 Å². The van der Waals surface area contributed by atoms with Crippen molar-refractivity contribution in [1.29, 1.82) is 15.8 Å². The molecule has 0 aliphatic rings. The van der Waals surface area contributed by atoms with E-state index < -0.39 is 0 Å². The summed E-state index contributed by atoms with van der Waals surface area (Å²) < 4.78 is 0. The van der Waals surface area contributed by atoms with Crippen LogP contribution in [0.2, 0.25) is 0 Å². The van der Waals surface area contributed by atoms with Crippen LogP contribution in [-0.2, 0) is 0 Å². The molecule has 6 rings (SSSR count). The van der Waals surface area contributed by atoms with Gasteiger partial charge in [-0.2, -0.15) is 15.8 Å². The Hall–Kier alpha value is -6.58. The Bertz CT molecular complexity index is 2360. The highest BCUT2D eigenvalue weighted by Gasteiger charge is 2.23. The summed E-state index contributed by atoms with van der Waals surface area (Å²) in [6, 6.07) is 20.9. The molecule has 0 aliphatic heterocycles. The first kappa shape index (κ1) is 21.9. The van der Waals surface area contributed by atoms with Crippen molar-refractivity contribution in [3.05, 3.63) is 99.7 Å². The zero-order chi connectivity index (χ0) is 26.6. The maximum absolute atomic E-state index is 9.98. The summed E-state index contributed by atoms with van der Waals surface area (Å²) in [7, 11) is 0. The third-order valence-corrected chi connectivity index (χ3v) is 6.63. The second kappa shape index (κ2) is 7.99. The highest BCUT2D eigenvalue weighted by Crippen LogP contribution is 2.49. The van der Waals surface area contributed by atoms with E-state index in [1.54, 1.807) is 12.1 Å². The highest BCUT2D eigenvalue weighted by molar-refractivity contribution is 6.32. The van der Waals surface area contributed by atoms with E-state index in [9.17, 15) is 15.8 Å². The fourth-order valence-electron chi connectivity index (χ4n) is 5.05. The van der Waals surface area contributed by atoms with E-state index in [4.69, 9.17) is 19.7 Å². The SMILES string of the molecule is [C-]#[N+]c1c([N+]#[C-])c([N+]#[C-])c2cc3c(cc2c1C#N)c1nc(C#N)c(C#N)nc1c1c2ccccc2ccc31. The van der Waals surface area contributed by atoms with Crippen molar-refractivity contribution in [2.75, 3.05) is 0 Å². The van der Waals surface area contributed by atoms with Gasteiger partial charge in [0.15, 0.2) is 17.1 Å². The molecule has 0 saturated carbocycles. The fraction of sp³-hybridized carbons (Fsp3) is 0. The molecule has 5 aromatic carbocycles. The molecule has 0 aliphatic carbocycles. The molecule has 8 nitrogen and oxygen atoms in total. The van der Waals surface area contributed by atoms with Crippen molar-refractivity contribution < 1.29 is 0 Å². The lowest BCUT2D eigenvalue weighted by Crippen LogP contribution is -1.98. The lowest BCUT2D eigenvalue weighted by Gasteiger charge is -2.15. The van der Waals surface area contributed by atoms with Gasteiger partial charge in [-0.15, -0.1) is 0 Å². The highest BCUT2D eigenvalue weighted by atomic mass is 14.8. The number of nitriles is 3. The molecule has 6 aromatic rings. The second-order valence-corrected chi connectivity index (χ2v) is 8.36. The van der Waals surface area contributed by atoms with Crippen LogP contribution in [0.1, 0.15) is 17.0 Å². The topological polar surface area (TPSA) is 110 Å². The van der Waals surface area contributed by atoms with Crippen molar-refractivity contribution in [2.24, 2.45) is 0 Å². The predicted molar refractivity (Wildman–Crippen MR) is 142 cm³/mol. The predicted octanol–water partition coefficient (Wildman–Crippen LogP) is 7.51. The molecule has 8 heteroatoms. The van der Waals surface area contributed by atoms with Crippen LogP contribution in [-0.4, -0.2) is 9.97 Å². The van der Waals surface area contributed by atoms with Crippen LogP contribution in [0.15, 0.2) is 48.5 Å². The van der Waals surface area contributed by atoms with Gasteiger partial charge in [-0.05, 0) is 38.4 Å². The summed E-state index contributed by atoms with van der Waals surface area (Å²) in [6.07, 6.45) is 0. The normalized spacial score (nSPS) is 10.5. The van der Waals surface area contributed by atoms with Crippen molar-refractivity contribution in [3.63, 3.8) is 0 Å². The van der Waals surface area contributed by atoms with Gasteiger partial charge in [0.2, 0.25) is 11.4 Å². The minimum absolute atomic E-state index is 0.000405. The van der Waals surface area contributed by atoms with Gasteiger partial charge in [-0.3, -0.25) is 14.5 Å². The summed E-state index contributed by atoms with van der Waals surface area (Å²) in [5, 5.41) is 34.5. The molecule has 1 aromatic heterocycles. The molecule has 38 heavy (non-hydrogen) atoms. The fourth-order valence-corrected chi connectivity index (χ4v) is 5.05. The monoisotopic (exact) mass is 480 g/mol. The average molecular weight is 480 g/mol. The van der Waals surface area contributed by atoms with Gasteiger partial charge >= 0.3 is 0 Å². The van der Waals surface area contributed by atoms with E-state index in [1.807, 2.05) is 54.6 Å². The van der Waals surface area contributed by atoms with Gasteiger partial charge < -0.3 is 0 Å². The third-order valence-electron chi connectivity index (χ3n) is 6.63. The molecule has 0 saturated heterocycles. The molecule has 0 fully saturated rings. The zero-order valence-electron chi connectivity index (χ0n) is 19.2. The van der Waals surface area contributed by atoms with E-state index >= 15 is 0 Å². The van der Waals surface area contributed by atoms with Crippen LogP contribution in [0.25, 0.3) is 68.7 Å². The number of benzene rings is 5. The quantitative estimate of drug-likeness (QED) is 0.127. The first-order valence-electron chi connectivity index (χ1n) is 11.0. The van der Waals surface area contributed by atoms with Gasteiger partial charge in [0.1, 0.15) is 12.1 Å². The lowest BCUT2D eigenvalue weighted by molar-refractivity contribution is 1.21. The number of hydrogen-bond acceptors (Lipinski definition) is 5. The first-order valence-corrected chi connectivity index (χ1v) is 11.0. The zero-order valence-corrected chi connectivity index (χ0v) is 19.2. The third kappa shape index (κ3) is 2.72. The molecule has 0 unspecified atom stereocenters. The van der Waals surface area contributed by atoms with Crippen molar-refractivity contribution in [1.82, 2.24) is 9.97 Å². The average Bonchev–Trinajstić information content (AvgIpc) is 2.97. The number of fused-ring (bicyclic) bond motifs is 9. The smallest absolute Gasteiger partial charge is 0.202 e. The van der Waals surface area contributed by atoms with Crippen molar-refractivity contribution >= 4 is 71.2 Å². The summed E-state index contributed by atoms with van der Waals surface area (Å²) in [5.41, 5.74) is 0.210. The number of hydrogen-bond donors (Lipinski definition) is 0. The Morgan fingerprint density at radius 3 is 1.89 bits per heavy atom. The summed E-state index contributed by atoms with van der Waals surface area (Å²) in [5.74, 6) is 0. The van der Waals surface area contributed by atoms with Crippen molar-refractivity contribution in [2.45, 2.75) is 0 Å². The minimum Gasteiger partial charge on any atom is -0.262 e. The molecular formula is C30H8N8. The standard InChI is InChI=1S/C30H8N8/c1-34-26-20-10-18-17-9-8-15-6-4-5-7-16(15)25(17)29-28(37-23(13-32)24(14-33)38-29)21(18)11-19(20)22(12-31)27(35-2)30(26)36-3/h4-11H. The Labute approximate surface area is 214 Å². The molecule has 0 spiro atoms. The Kier molecular flexibility index (Phi) is 4.61. The molecule has 0 bridgehead atoms. The van der Waals surface area contributed by atoms with E-state index in [2.05, 4.69) is 24.5 Å². The Balaban J connectivity index is 2.02. The minimum atomic E-state index is -0.174. The molecule has 0 amide bonds. The molecule has 0 atom stereocenters. The molecule has 0 radical (unpaired) electrons. The van der Waals surface area contributed by atoms with Gasteiger partial charge in [0.05, 0.1) is 42.4 Å². The van der Waals surface area contributed by atoms with Crippen LogP contribution in [0.3, 0.4) is 0 Å². The van der Waals surface area contributed by atoms with Crippen LogP contribution in [0.4, 0.5) is 17.1 Å². The van der Waals surface area contributed by atoms with E-state index in [0.29, 0.717) is 32.6 Å². The van der Waals surface area contributed by atoms with Crippen LogP contribution >= 0.6 is 0 Å². The maximum Gasteiger partial charge on any atom is 0.202 e. The van der Waals surface area contributed by atoms with Crippen LogP contribution in [0, 0.1) is 53.7 Å². The Morgan fingerprint density at radius 1 is 0.579 bits per heavy atom. The number of nitrogens with zero attached hydrogens (tertiary/aromatic N) is 8. The molecule has 168 valence electrons. The van der Waals surface area contributed by atoms with Crippen molar-refractivity contribution in [3.8, 4) is 18.2 Å². The van der Waals surface area contributed by atoms with Gasteiger partial charge in [-0.1, -0.05) is 42.5 Å². The number of aromatic nitrogens is 2. The van der Waals surface area contributed by atoms with Crippen LogP contribution in [0.5, 0.6) is 0 Å². The number of rotatable bonds is 0. The molecule has 0 N–H and O–H groups in total. The Morgan fingerprint density at radius 2 is 1.24 bits per heavy atom. The second-order valence-electron chi connectivity index (χ2n) is 8.36. The molecular weight excluding hydrogens is 472 g/mol. The maximum atomic E-state index is 9.98. The van der Waals surface area contributed by atoms with Gasteiger partial charge in [-0.25, -0.2) is 9.97 Å². The van der Waals surface area contributed by atoms with Gasteiger partial charge in [0, 0.05) is 10.8 Å².